The van der Waals surface area contributed by atoms with Gasteiger partial charge in [0.2, 0.25) is 5.91 Å². The average Bonchev–Trinajstić information content (AvgIpc) is 1.55. The molecule has 22 unspecified atom stereocenters. The minimum absolute atomic E-state index is 0.00208. The van der Waals surface area contributed by atoms with Gasteiger partial charge in [-0.3, -0.25) is 9.59 Å². The first-order valence-electron chi connectivity index (χ1n) is 30.3. The second-order valence-corrected chi connectivity index (χ2v) is 28.3. The third-order valence-electron chi connectivity index (χ3n) is 25.4. The van der Waals surface area contributed by atoms with E-state index in [4.69, 9.17) is 20.2 Å². The van der Waals surface area contributed by atoms with Crippen molar-refractivity contribution in [1.29, 1.82) is 0 Å². The number of fused-ring (bicyclic) bond motifs is 11. The first kappa shape index (κ1) is 56.0. The number of aliphatic hydroxyl groups is 7. The molecule has 10 aliphatic rings. The largest absolute Gasteiger partial charge is 0.481 e. The lowest BCUT2D eigenvalue weighted by Crippen LogP contribution is -2.76. The molecule has 79 heavy (non-hydrogen) atoms. The van der Waals surface area contributed by atoms with E-state index in [0.717, 1.165) is 62.2 Å². The van der Waals surface area contributed by atoms with Crippen LogP contribution in [-0.2, 0) is 25.5 Å². The lowest BCUT2D eigenvalue weighted by Gasteiger charge is -2.77. The van der Waals surface area contributed by atoms with Crippen molar-refractivity contribution in [3.63, 3.8) is 0 Å². The molecule has 6 saturated carbocycles. The zero-order valence-corrected chi connectivity index (χ0v) is 46.9. The Morgan fingerprint density at radius 1 is 0.886 bits per heavy atom. The molecular weight excluding hydrogens is 1010 g/mol. The molecule has 19 heteroatoms. The number of nitrogens with one attached hydrogen (secondary N) is 4. The highest BCUT2D eigenvalue weighted by atomic mass is 16.7. The van der Waals surface area contributed by atoms with Gasteiger partial charge in [0.15, 0.2) is 6.29 Å². The molecule has 3 aliphatic heterocycles. The zero-order valence-electron chi connectivity index (χ0n) is 46.9. The number of aromatic nitrogens is 4. The van der Waals surface area contributed by atoms with Crippen LogP contribution in [0.5, 0.6) is 0 Å². The van der Waals surface area contributed by atoms with Gasteiger partial charge in [-0.15, -0.1) is 0 Å². The molecule has 2 saturated heterocycles. The second kappa shape index (κ2) is 20.1. The molecular formula is C60H91N7O12. The van der Waals surface area contributed by atoms with Crippen molar-refractivity contribution in [2.24, 2.45) is 91.0 Å². The smallest absolute Gasteiger partial charge is 0.310 e. The molecule has 2 aromatic rings. The average molecular weight is 1100 g/mol. The van der Waals surface area contributed by atoms with Crippen LogP contribution in [0.25, 0.3) is 0 Å². The van der Waals surface area contributed by atoms with Crippen molar-refractivity contribution >= 4 is 17.7 Å². The Morgan fingerprint density at radius 3 is 2.33 bits per heavy atom. The molecule has 0 bridgehead atoms. The first-order valence-corrected chi connectivity index (χ1v) is 30.3. The van der Waals surface area contributed by atoms with Gasteiger partial charge in [-0.2, -0.15) is 0 Å². The number of carbonyl (C=O) groups excluding carboxylic acids is 1. The Bertz CT molecular complexity index is 2610. The van der Waals surface area contributed by atoms with E-state index in [9.17, 15) is 45.6 Å². The number of rotatable bonds is 13. The van der Waals surface area contributed by atoms with Crippen molar-refractivity contribution in [3.05, 3.63) is 41.9 Å². The number of ether oxygens (including phenoxy) is 2. The van der Waals surface area contributed by atoms with E-state index in [1.54, 1.807) is 18.9 Å². The van der Waals surface area contributed by atoms with Crippen LogP contribution in [0, 0.1) is 85.2 Å². The molecule has 22 atom stereocenters. The highest BCUT2D eigenvalue weighted by Crippen LogP contribution is 2.81. The van der Waals surface area contributed by atoms with Crippen molar-refractivity contribution < 1.29 is 59.9 Å². The summed E-state index contributed by atoms with van der Waals surface area (Å²) in [6.07, 6.45) is 10.2. The molecule has 12 rings (SSSR count). The predicted octanol–water partition coefficient (Wildman–Crippen LogP) is 4.48. The molecule has 8 fully saturated rings. The van der Waals surface area contributed by atoms with E-state index in [1.807, 2.05) is 6.92 Å². The van der Waals surface area contributed by atoms with Crippen LogP contribution >= 0.6 is 0 Å². The fourth-order valence-corrected chi connectivity index (χ4v) is 21.5. The molecule has 0 aromatic carbocycles. The van der Waals surface area contributed by atoms with Gasteiger partial charge in [0.1, 0.15) is 30.4 Å². The lowest BCUT2D eigenvalue weighted by molar-refractivity contribution is -0.350. The molecule has 2 aromatic heterocycles. The third-order valence-corrected chi connectivity index (χ3v) is 25.4. The van der Waals surface area contributed by atoms with E-state index in [1.165, 1.54) is 5.57 Å². The highest BCUT2D eigenvalue weighted by molar-refractivity contribution is 5.86. The van der Waals surface area contributed by atoms with Crippen LogP contribution in [0.1, 0.15) is 154 Å². The number of carbonyl (C=O) groups is 2. The maximum Gasteiger partial charge on any atom is 0.310 e. The number of nitrogens with two attached hydrogens (primary N) is 1. The van der Waals surface area contributed by atoms with E-state index in [-0.39, 0.29) is 79.5 Å². The number of imidazole rings is 2. The summed E-state index contributed by atoms with van der Waals surface area (Å²) in [7, 11) is 0. The number of carboxylic acid groups (broad SMARTS) is 1. The summed E-state index contributed by atoms with van der Waals surface area (Å²) >= 11 is 0. The first-order chi connectivity index (χ1) is 37.7. The standard InChI is InChI=1S/C60H91N7O12/c1-54(27-68)19-20-59(53(76)77)37(23-54)33-12-13-43-56(3,57(33,4)34-22-39-50(66-30-65-39)63-24-38(34)59)18-15-42-55(2,28-69)49(79-51-48(74)47(73)41(70)26-78-51)46(72)36(60(42,43)31-9-5-6-10-31)21-35-45(67-52(75)58(35)16-7-8-17-58)32(11-14-44(61)71)40-25-62-29-64-40/h12,25,29-32,34-38,41-49,51,63,68-74H,5-11,13-24,26-28,61H2,1-4H3,(H,62,64)(H,65,66)(H,67,75)(H,76,77). The number of hydrogen-bond donors (Lipinski definition) is 13. The summed E-state index contributed by atoms with van der Waals surface area (Å²) in [6.45, 7) is 8.78. The summed E-state index contributed by atoms with van der Waals surface area (Å²) in [5.41, 5.74) is 3.67. The molecule has 7 aliphatic carbocycles. The van der Waals surface area contributed by atoms with Gasteiger partial charge in [-0.1, -0.05) is 65.0 Å². The normalized spacial score (nSPS) is 47.0. The van der Waals surface area contributed by atoms with Gasteiger partial charge < -0.3 is 76.7 Å². The molecule has 1 spiro atoms. The van der Waals surface area contributed by atoms with Gasteiger partial charge in [-0.05, 0) is 159 Å². The number of allylic oxidation sites excluding steroid dienone is 2. The molecule has 5 heterocycles. The summed E-state index contributed by atoms with van der Waals surface area (Å²) in [4.78, 5) is 45.8. The van der Waals surface area contributed by atoms with Crippen LogP contribution in [-0.4, -0.2) is 148 Å². The molecule has 0 radical (unpaired) electrons. The van der Waals surface area contributed by atoms with Crippen LogP contribution in [0.4, 0.5) is 5.82 Å². The monoisotopic (exact) mass is 1100 g/mol. The Balaban J connectivity index is 1.08. The maximum atomic E-state index is 15.2. The number of nitrogens with zero attached hydrogens (tertiary/aromatic N) is 2. The summed E-state index contributed by atoms with van der Waals surface area (Å²) in [6, 6.07) is -0.440. The van der Waals surface area contributed by atoms with E-state index in [2.05, 4.69) is 52.4 Å². The van der Waals surface area contributed by atoms with Crippen molar-refractivity contribution in [2.45, 2.75) is 198 Å². The van der Waals surface area contributed by atoms with Crippen LogP contribution in [0.2, 0.25) is 0 Å². The minimum Gasteiger partial charge on any atom is -0.481 e. The summed E-state index contributed by atoms with van der Waals surface area (Å²) in [5.74, 6) is -2.42. The van der Waals surface area contributed by atoms with Crippen molar-refractivity contribution in [2.75, 3.05) is 31.7 Å². The van der Waals surface area contributed by atoms with Gasteiger partial charge in [-0.25, -0.2) is 9.97 Å². The van der Waals surface area contributed by atoms with Gasteiger partial charge in [0.05, 0.1) is 54.6 Å². The van der Waals surface area contributed by atoms with E-state index in [0.29, 0.717) is 70.8 Å². The predicted molar refractivity (Wildman–Crippen MR) is 289 cm³/mol. The molecule has 19 nitrogen and oxygen atoms in total. The minimum atomic E-state index is -1.65. The Kier molecular flexibility index (Phi) is 14.3. The number of aliphatic carboxylic acids is 1. The number of carboxylic acids is 1. The van der Waals surface area contributed by atoms with Gasteiger partial charge in [0, 0.05) is 42.4 Å². The number of hydrogen-bond acceptors (Lipinski definition) is 15. The summed E-state index contributed by atoms with van der Waals surface area (Å²) in [5, 5.41) is 101. The van der Waals surface area contributed by atoms with Gasteiger partial charge >= 0.3 is 5.97 Å². The zero-order chi connectivity index (χ0) is 55.8. The topological polar surface area (TPSA) is 322 Å². The van der Waals surface area contributed by atoms with Gasteiger partial charge in [0.25, 0.3) is 0 Å². The van der Waals surface area contributed by atoms with E-state index < -0.39 is 98.9 Å². The van der Waals surface area contributed by atoms with Crippen LogP contribution < -0.4 is 16.4 Å². The number of aliphatic hydroxyl groups excluding tert-OH is 7. The van der Waals surface area contributed by atoms with Crippen LogP contribution in [0.3, 0.4) is 0 Å². The number of aromatic amines is 2. The molecule has 438 valence electrons. The van der Waals surface area contributed by atoms with E-state index >= 15 is 4.79 Å². The number of amides is 1. The van der Waals surface area contributed by atoms with Crippen molar-refractivity contribution in [3.8, 4) is 0 Å². The SMILES string of the molecule is CC1(CO)CCC2(C(=O)O)C(C1)C1=CCC3C4(C5CCCC5)C(CC5C(C(CCC(N)O)c6cnc[nH]6)NC(=O)C56CCCC6)C(O)C(OC5OCC(O)C(O)C5O)C(C)(CO)C4CCC3(C)C1(C)C1Cc3[nH]cnc3NCC12. The van der Waals surface area contributed by atoms with Crippen molar-refractivity contribution in [1.82, 2.24) is 25.3 Å². The fraction of sp³-hybridized carbons (Fsp3) is 0.833. The fourth-order valence-electron chi connectivity index (χ4n) is 21.5. The Hall–Kier alpha value is -3.50. The maximum absolute atomic E-state index is 15.2. The second-order valence-electron chi connectivity index (χ2n) is 28.3. The Morgan fingerprint density at radius 2 is 1.65 bits per heavy atom. The quantitative estimate of drug-likeness (QED) is 0.0747. The molecule has 1 amide bonds. The number of H-pyrrole nitrogens is 2. The highest BCUT2D eigenvalue weighted by Gasteiger charge is 2.79. The summed E-state index contributed by atoms with van der Waals surface area (Å²) < 4.78 is 13.0. The van der Waals surface area contributed by atoms with Crippen LogP contribution in [0.15, 0.2) is 30.5 Å². The Labute approximate surface area is 464 Å². The third kappa shape index (κ3) is 7.91. The molecule has 14 N–H and O–H groups in total. The lowest BCUT2D eigenvalue weighted by atomic mass is 9.27. The number of anilines is 1.